The van der Waals surface area contributed by atoms with Crippen molar-refractivity contribution < 1.29 is 19.0 Å². The van der Waals surface area contributed by atoms with Crippen molar-refractivity contribution in [3.05, 3.63) is 46.0 Å². The number of H-pyrrole nitrogens is 1. The Morgan fingerprint density at radius 1 is 1.26 bits per heavy atom. The lowest BCUT2D eigenvalue weighted by Crippen LogP contribution is -2.33. The summed E-state index contributed by atoms with van der Waals surface area (Å²) in [6, 6.07) is 8.69. The Hall–Kier alpha value is -2.69. The largest absolute Gasteiger partial charge is 0.493 e. The lowest BCUT2D eigenvalue weighted by molar-refractivity contribution is -0.124. The normalized spacial score (nSPS) is 12.9. The summed E-state index contributed by atoms with van der Waals surface area (Å²) in [4.78, 5) is 13.9. The molecule has 0 aliphatic rings. The van der Waals surface area contributed by atoms with Crippen LogP contribution in [-0.4, -0.2) is 48.1 Å². The lowest BCUT2D eigenvalue weighted by Gasteiger charge is -2.20. The lowest BCUT2D eigenvalue weighted by atomic mass is 10.1. The molecule has 3 aromatic rings. The van der Waals surface area contributed by atoms with E-state index in [0.29, 0.717) is 35.3 Å². The van der Waals surface area contributed by atoms with Gasteiger partial charge in [0.05, 0.1) is 24.6 Å². The second-order valence-electron chi connectivity index (χ2n) is 6.86. The first-order chi connectivity index (χ1) is 15.0. The van der Waals surface area contributed by atoms with Gasteiger partial charge in [0.15, 0.2) is 22.1 Å². The van der Waals surface area contributed by atoms with Crippen molar-refractivity contribution in [1.82, 2.24) is 20.1 Å². The van der Waals surface area contributed by atoms with E-state index in [0.717, 1.165) is 10.4 Å². The van der Waals surface area contributed by atoms with Crippen LogP contribution in [0.4, 0.5) is 0 Å². The van der Waals surface area contributed by atoms with E-state index in [1.54, 1.807) is 37.0 Å². The number of hydrogen-bond acceptors (Lipinski definition) is 7. The Bertz CT molecular complexity index is 1060. The molecule has 3 rings (SSSR count). The number of thiophene rings is 1. The van der Waals surface area contributed by atoms with Crippen LogP contribution in [0.15, 0.2) is 35.7 Å². The van der Waals surface area contributed by atoms with Crippen LogP contribution in [0.25, 0.3) is 10.7 Å². The quantitative estimate of drug-likeness (QED) is 0.348. The molecule has 2 N–H and O–H groups in total. The van der Waals surface area contributed by atoms with Gasteiger partial charge in [0.25, 0.3) is 0 Å². The van der Waals surface area contributed by atoms with E-state index in [-0.39, 0.29) is 11.9 Å². The SMILES string of the molecule is COCCOc1ccc(C(C)NC(=O)C(C)n2c(-c3cccs3)n[nH]c2=S)cc1OC. The molecule has 1 amide bonds. The number of carbonyl (C=O) groups excluding carboxylic acids is 1. The maximum atomic E-state index is 13.0. The molecule has 31 heavy (non-hydrogen) atoms. The molecule has 8 nitrogen and oxygen atoms in total. The molecule has 0 spiro atoms. The standard InChI is InChI=1S/C21H26N4O4S2/c1-13(15-7-8-16(17(12-15)28-4)29-10-9-27-3)22-20(26)14(2)25-19(23-24-21(25)30)18-6-5-11-31-18/h5-8,11-14H,9-10H2,1-4H3,(H,22,26)(H,24,30). The number of rotatable bonds is 10. The maximum absolute atomic E-state index is 13.0. The first-order valence-electron chi connectivity index (χ1n) is 9.77. The number of aromatic amines is 1. The van der Waals surface area contributed by atoms with E-state index in [1.807, 2.05) is 42.6 Å². The summed E-state index contributed by atoms with van der Waals surface area (Å²) in [5.74, 6) is 1.71. The van der Waals surface area contributed by atoms with Crippen molar-refractivity contribution in [2.45, 2.75) is 25.9 Å². The van der Waals surface area contributed by atoms with E-state index >= 15 is 0 Å². The Balaban J connectivity index is 1.74. The Labute approximate surface area is 190 Å². The van der Waals surface area contributed by atoms with Crippen LogP contribution in [0.3, 0.4) is 0 Å². The van der Waals surface area contributed by atoms with E-state index in [9.17, 15) is 4.79 Å². The third-order valence-corrected chi connectivity index (χ3v) is 5.96. The van der Waals surface area contributed by atoms with Crippen LogP contribution in [0.5, 0.6) is 11.5 Å². The summed E-state index contributed by atoms with van der Waals surface area (Å²) in [5.41, 5.74) is 0.894. The van der Waals surface area contributed by atoms with E-state index in [2.05, 4.69) is 15.5 Å². The van der Waals surface area contributed by atoms with Crippen LogP contribution >= 0.6 is 23.6 Å². The number of hydrogen-bond donors (Lipinski definition) is 2. The fraction of sp³-hybridized carbons (Fsp3) is 0.381. The Morgan fingerprint density at radius 2 is 2.06 bits per heavy atom. The fourth-order valence-corrected chi connectivity index (χ4v) is 4.09. The molecular weight excluding hydrogens is 436 g/mol. The van der Waals surface area contributed by atoms with Crippen LogP contribution in [-0.2, 0) is 9.53 Å². The maximum Gasteiger partial charge on any atom is 0.243 e. The second kappa shape index (κ2) is 10.6. The van der Waals surface area contributed by atoms with Gasteiger partial charge < -0.3 is 19.5 Å². The molecule has 0 bridgehead atoms. The molecule has 0 aliphatic carbocycles. The molecule has 0 saturated heterocycles. The van der Waals surface area contributed by atoms with Gasteiger partial charge in [-0.25, -0.2) is 0 Å². The van der Waals surface area contributed by atoms with Gasteiger partial charge in [-0.05, 0) is 55.2 Å². The minimum Gasteiger partial charge on any atom is -0.493 e. The van der Waals surface area contributed by atoms with E-state index in [1.165, 1.54) is 0 Å². The number of aromatic nitrogens is 3. The number of methoxy groups -OCH3 is 2. The summed E-state index contributed by atoms with van der Waals surface area (Å²) >= 11 is 6.91. The minimum absolute atomic E-state index is 0.165. The second-order valence-corrected chi connectivity index (χ2v) is 8.19. The summed E-state index contributed by atoms with van der Waals surface area (Å²) in [7, 11) is 3.20. The van der Waals surface area contributed by atoms with Crippen molar-refractivity contribution in [2.75, 3.05) is 27.4 Å². The van der Waals surface area contributed by atoms with Gasteiger partial charge in [-0.2, -0.15) is 5.10 Å². The molecule has 0 saturated carbocycles. The molecule has 2 aromatic heterocycles. The van der Waals surface area contributed by atoms with Crippen molar-refractivity contribution in [3.8, 4) is 22.2 Å². The van der Waals surface area contributed by atoms with Crippen molar-refractivity contribution in [2.24, 2.45) is 0 Å². The van der Waals surface area contributed by atoms with Crippen molar-refractivity contribution >= 4 is 29.5 Å². The van der Waals surface area contributed by atoms with Gasteiger partial charge in [0.2, 0.25) is 5.91 Å². The summed E-state index contributed by atoms with van der Waals surface area (Å²) in [6.07, 6.45) is 0. The molecule has 10 heteroatoms. The highest BCUT2D eigenvalue weighted by Crippen LogP contribution is 2.31. The average molecular weight is 463 g/mol. The van der Waals surface area contributed by atoms with Crippen LogP contribution < -0.4 is 14.8 Å². The third kappa shape index (κ3) is 5.33. The fourth-order valence-electron chi connectivity index (χ4n) is 3.09. The zero-order chi connectivity index (χ0) is 22.4. The monoisotopic (exact) mass is 462 g/mol. The van der Waals surface area contributed by atoms with E-state index < -0.39 is 6.04 Å². The number of nitrogens with one attached hydrogen (secondary N) is 2. The summed E-state index contributed by atoms with van der Waals surface area (Å²) in [5, 5.41) is 12.1. The molecule has 1 aromatic carbocycles. The van der Waals surface area contributed by atoms with Gasteiger partial charge in [0.1, 0.15) is 12.6 Å². The summed E-state index contributed by atoms with van der Waals surface area (Å²) < 4.78 is 18.3. The van der Waals surface area contributed by atoms with Gasteiger partial charge in [-0.1, -0.05) is 12.1 Å². The van der Waals surface area contributed by atoms with Gasteiger partial charge in [-0.15, -0.1) is 11.3 Å². The minimum atomic E-state index is -0.538. The molecule has 0 radical (unpaired) electrons. The number of carbonyl (C=O) groups is 1. The highest BCUT2D eigenvalue weighted by atomic mass is 32.1. The average Bonchev–Trinajstić information content (AvgIpc) is 3.43. The van der Waals surface area contributed by atoms with Crippen LogP contribution in [0, 0.1) is 4.77 Å². The summed E-state index contributed by atoms with van der Waals surface area (Å²) in [6.45, 7) is 4.63. The van der Waals surface area contributed by atoms with Gasteiger partial charge in [-0.3, -0.25) is 14.5 Å². The smallest absolute Gasteiger partial charge is 0.243 e. The van der Waals surface area contributed by atoms with Crippen molar-refractivity contribution in [3.63, 3.8) is 0 Å². The number of nitrogens with zero attached hydrogens (tertiary/aromatic N) is 2. The zero-order valence-electron chi connectivity index (χ0n) is 17.9. The predicted octanol–water partition coefficient (Wildman–Crippen LogP) is 4.14. The molecule has 0 fully saturated rings. The van der Waals surface area contributed by atoms with Crippen LogP contribution in [0.2, 0.25) is 0 Å². The molecule has 2 atom stereocenters. The topological polar surface area (TPSA) is 90.4 Å². The van der Waals surface area contributed by atoms with E-state index in [4.69, 9.17) is 26.4 Å². The predicted molar refractivity (Wildman–Crippen MR) is 122 cm³/mol. The highest BCUT2D eigenvalue weighted by molar-refractivity contribution is 7.71. The molecule has 0 aliphatic heterocycles. The Morgan fingerprint density at radius 3 is 2.74 bits per heavy atom. The number of benzene rings is 1. The van der Waals surface area contributed by atoms with Gasteiger partial charge in [0, 0.05) is 7.11 Å². The first-order valence-corrected chi connectivity index (χ1v) is 11.1. The van der Waals surface area contributed by atoms with Crippen LogP contribution in [0.1, 0.15) is 31.5 Å². The Kier molecular flexibility index (Phi) is 7.83. The molecule has 166 valence electrons. The zero-order valence-corrected chi connectivity index (χ0v) is 19.5. The number of ether oxygens (including phenoxy) is 3. The number of amides is 1. The highest BCUT2D eigenvalue weighted by Gasteiger charge is 2.23. The van der Waals surface area contributed by atoms with Gasteiger partial charge >= 0.3 is 0 Å². The molecule has 2 heterocycles. The third-order valence-electron chi connectivity index (χ3n) is 4.80. The molecular formula is C21H26N4O4S2. The molecule has 2 unspecified atom stereocenters. The first kappa shape index (κ1) is 23.0. The van der Waals surface area contributed by atoms with Crippen molar-refractivity contribution in [1.29, 1.82) is 0 Å².